The average molecular weight is 163 g/mol. The summed E-state index contributed by atoms with van der Waals surface area (Å²) in [5.41, 5.74) is 8.33. The Bertz CT molecular complexity index is 296. The third kappa shape index (κ3) is 1.18. The molecule has 0 aromatic heterocycles. The van der Waals surface area contributed by atoms with Crippen LogP contribution >= 0.6 is 0 Å². The number of benzene rings is 1. The van der Waals surface area contributed by atoms with Crippen molar-refractivity contribution in [1.29, 1.82) is 0 Å². The van der Waals surface area contributed by atoms with Crippen molar-refractivity contribution >= 4 is 0 Å². The second kappa shape index (κ2) is 2.79. The lowest BCUT2D eigenvalue weighted by molar-refractivity contribution is 0.269. The van der Waals surface area contributed by atoms with Crippen LogP contribution in [0.2, 0.25) is 0 Å². The molecule has 2 N–H and O–H groups in total. The Balaban J connectivity index is 2.47. The Kier molecular flexibility index (Phi) is 1.77. The summed E-state index contributed by atoms with van der Waals surface area (Å²) in [6.07, 6.45) is 0.927. The van der Waals surface area contributed by atoms with Crippen molar-refractivity contribution in [3.8, 4) is 5.75 Å². The van der Waals surface area contributed by atoms with Crippen molar-refractivity contribution < 1.29 is 4.74 Å². The molecule has 0 amide bonds. The zero-order valence-corrected chi connectivity index (χ0v) is 7.21. The molecule has 1 aliphatic heterocycles. The Hall–Kier alpha value is -1.02. The van der Waals surface area contributed by atoms with Gasteiger partial charge in [-0.3, -0.25) is 0 Å². The highest BCUT2D eigenvalue weighted by Crippen LogP contribution is 2.30. The van der Waals surface area contributed by atoms with E-state index < -0.39 is 0 Å². The highest BCUT2D eigenvalue weighted by Gasteiger charge is 2.17. The van der Waals surface area contributed by atoms with Crippen LogP contribution in [0, 0.1) is 6.92 Å². The Morgan fingerprint density at radius 1 is 1.50 bits per heavy atom. The molecule has 12 heavy (non-hydrogen) atoms. The van der Waals surface area contributed by atoms with Gasteiger partial charge >= 0.3 is 0 Å². The van der Waals surface area contributed by atoms with E-state index in [2.05, 4.69) is 19.1 Å². The van der Waals surface area contributed by atoms with Gasteiger partial charge in [-0.25, -0.2) is 0 Å². The molecule has 0 saturated heterocycles. The number of hydrogen-bond donors (Lipinski definition) is 1. The minimum absolute atomic E-state index is 0.161. The summed E-state index contributed by atoms with van der Waals surface area (Å²) >= 11 is 0. The standard InChI is InChI=1S/C10H13NO/c1-7-2-3-10-8(6-7)9(11)4-5-12-10/h2-3,6,9H,4-5,11H2,1H3/t9-/m1/s1. The topological polar surface area (TPSA) is 35.2 Å². The molecule has 0 unspecified atom stereocenters. The molecule has 0 fully saturated rings. The SMILES string of the molecule is Cc1ccc2c(c1)[C@H](N)CCO2. The summed E-state index contributed by atoms with van der Waals surface area (Å²) in [6, 6.07) is 6.33. The molecule has 2 rings (SSSR count). The molecule has 1 atom stereocenters. The van der Waals surface area contributed by atoms with Crippen LogP contribution in [0.5, 0.6) is 5.75 Å². The van der Waals surface area contributed by atoms with E-state index in [-0.39, 0.29) is 6.04 Å². The van der Waals surface area contributed by atoms with Crippen molar-refractivity contribution in [3.05, 3.63) is 29.3 Å². The van der Waals surface area contributed by atoms with Crippen LogP contribution in [-0.4, -0.2) is 6.61 Å². The fourth-order valence-corrected chi connectivity index (χ4v) is 1.54. The quantitative estimate of drug-likeness (QED) is 0.632. The van der Waals surface area contributed by atoms with E-state index in [0.717, 1.165) is 24.3 Å². The summed E-state index contributed by atoms with van der Waals surface area (Å²) in [7, 11) is 0. The summed E-state index contributed by atoms with van der Waals surface area (Å²) in [6.45, 7) is 2.82. The van der Waals surface area contributed by atoms with Crippen molar-refractivity contribution in [1.82, 2.24) is 0 Å². The third-order valence-corrected chi connectivity index (χ3v) is 2.25. The Morgan fingerprint density at radius 2 is 2.33 bits per heavy atom. The maximum atomic E-state index is 5.94. The van der Waals surface area contributed by atoms with Crippen molar-refractivity contribution in [2.75, 3.05) is 6.61 Å². The second-order valence-electron chi connectivity index (χ2n) is 3.28. The molecule has 64 valence electrons. The number of aryl methyl sites for hydroxylation is 1. The van der Waals surface area contributed by atoms with E-state index in [0.29, 0.717) is 0 Å². The van der Waals surface area contributed by atoms with Crippen LogP contribution in [0.1, 0.15) is 23.6 Å². The maximum absolute atomic E-state index is 5.94. The number of rotatable bonds is 0. The van der Waals surface area contributed by atoms with Gasteiger partial charge < -0.3 is 10.5 Å². The van der Waals surface area contributed by atoms with E-state index >= 15 is 0 Å². The minimum Gasteiger partial charge on any atom is -0.493 e. The molecular formula is C10H13NO. The number of fused-ring (bicyclic) bond motifs is 1. The van der Waals surface area contributed by atoms with Crippen LogP contribution in [0.15, 0.2) is 18.2 Å². The van der Waals surface area contributed by atoms with E-state index in [1.165, 1.54) is 5.56 Å². The highest BCUT2D eigenvalue weighted by atomic mass is 16.5. The summed E-state index contributed by atoms with van der Waals surface area (Å²) in [5.74, 6) is 0.958. The molecule has 2 heteroatoms. The molecule has 0 radical (unpaired) electrons. The molecule has 2 nitrogen and oxygen atoms in total. The normalized spacial score (nSPS) is 21.3. The summed E-state index contributed by atoms with van der Waals surface area (Å²) in [4.78, 5) is 0. The van der Waals surface area contributed by atoms with Crippen molar-refractivity contribution in [2.45, 2.75) is 19.4 Å². The first-order valence-electron chi connectivity index (χ1n) is 4.26. The third-order valence-electron chi connectivity index (χ3n) is 2.25. The van der Waals surface area contributed by atoms with Crippen LogP contribution in [-0.2, 0) is 0 Å². The second-order valence-corrected chi connectivity index (χ2v) is 3.28. The van der Waals surface area contributed by atoms with Gasteiger partial charge in [-0.15, -0.1) is 0 Å². The number of ether oxygens (including phenoxy) is 1. The maximum Gasteiger partial charge on any atom is 0.124 e. The molecule has 0 spiro atoms. The first-order chi connectivity index (χ1) is 5.77. The molecule has 0 bridgehead atoms. The zero-order valence-electron chi connectivity index (χ0n) is 7.21. The lowest BCUT2D eigenvalue weighted by Crippen LogP contribution is -2.20. The van der Waals surface area contributed by atoms with Gasteiger partial charge in [-0.2, -0.15) is 0 Å². The molecular weight excluding hydrogens is 150 g/mol. The smallest absolute Gasteiger partial charge is 0.124 e. The van der Waals surface area contributed by atoms with E-state index in [9.17, 15) is 0 Å². The summed E-state index contributed by atoms with van der Waals surface area (Å²) < 4.78 is 5.47. The monoisotopic (exact) mass is 163 g/mol. The fraction of sp³-hybridized carbons (Fsp3) is 0.400. The predicted molar refractivity (Wildman–Crippen MR) is 48.2 cm³/mol. The van der Waals surface area contributed by atoms with Gasteiger partial charge in [0.15, 0.2) is 0 Å². The van der Waals surface area contributed by atoms with Gasteiger partial charge in [0.25, 0.3) is 0 Å². The molecule has 1 heterocycles. The van der Waals surface area contributed by atoms with E-state index in [1.807, 2.05) is 6.07 Å². The first-order valence-corrected chi connectivity index (χ1v) is 4.26. The number of nitrogens with two attached hydrogens (primary N) is 1. The van der Waals surface area contributed by atoms with Gasteiger partial charge in [0.2, 0.25) is 0 Å². The van der Waals surface area contributed by atoms with Gasteiger partial charge in [-0.05, 0) is 13.0 Å². The molecule has 0 saturated carbocycles. The fourth-order valence-electron chi connectivity index (χ4n) is 1.54. The van der Waals surface area contributed by atoms with Gasteiger partial charge in [0.1, 0.15) is 5.75 Å². The zero-order chi connectivity index (χ0) is 8.55. The molecule has 0 aliphatic carbocycles. The predicted octanol–water partition coefficient (Wildman–Crippen LogP) is 1.78. The Labute approximate surface area is 72.3 Å². The lowest BCUT2D eigenvalue weighted by Gasteiger charge is -2.22. The first kappa shape index (κ1) is 7.62. The largest absolute Gasteiger partial charge is 0.493 e. The van der Waals surface area contributed by atoms with Crippen LogP contribution in [0.4, 0.5) is 0 Å². The van der Waals surface area contributed by atoms with Crippen LogP contribution < -0.4 is 10.5 Å². The Morgan fingerprint density at radius 3 is 3.17 bits per heavy atom. The average Bonchev–Trinajstić information content (AvgIpc) is 2.07. The van der Waals surface area contributed by atoms with Crippen molar-refractivity contribution in [3.63, 3.8) is 0 Å². The van der Waals surface area contributed by atoms with Gasteiger partial charge in [0.05, 0.1) is 6.61 Å². The van der Waals surface area contributed by atoms with E-state index in [1.54, 1.807) is 0 Å². The lowest BCUT2D eigenvalue weighted by atomic mass is 10.00. The minimum atomic E-state index is 0.161. The van der Waals surface area contributed by atoms with E-state index in [4.69, 9.17) is 10.5 Å². The van der Waals surface area contributed by atoms with Crippen molar-refractivity contribution in [2.24, 2.45) is 5.73 Å². The number of hydrogen-bond acceptors (Lipinski definition) is 2. The van der Waals surface area contributed by atoms with Gasteiger partial charge in [-0.1, -0.05) is 17.7 Å². The van der Waals surface area contributed by atoms with Gasteiger partial charge in [0, 0.05) is 18.0 Å². The molecule has 1 aromatic carbocycles. The van der Waals surface area contributed by atoms with Crippen LogP contribution in [0.25, 0.3) is 0 Å². The highest BCUT2D eigenvalue weighted by molar-refractivity contribution is 5.40. The summed E-state index contributed by atoms with van der Waals surface area (Å²) in [5, 5.41) is 0. The molecule has 1 aliphatic rings. The molecule has 1 aromatic rings. The van der Waals surface area contributed by atoms with Crippen LogP contribution in [0.3, 0.4) is 0 Å².